The van der Waals surface area contributed by atoms with Gasteiger partial charge in [0.2, 0.25) is 0 Å². The number of carbonyl (C=O) groups excluding carboxylic acids is 1. The molecule has 98 valence electrons. The first-order valence-electron chi connectivity index (χ1n) is 5.99. The molecule has 5 heteroatoms. The molecule has 1 unspecified atom stereocenters. The van der Waals surface area contributed by atoms with Crippen LogP contribution in [0.3, 0.4) is 0 Å². The number of amides is 2. The van der Waals surface area contributed by atoms with E-state index in [0.717, 1.165) is 18.5 Å². The van der Waals surface area contributed by atoms with Gasteiger partial charge in [-0.15, -0.1) is 0 Å². The first-order valence-corrected chi connectivity index (χ1v) is 5.99. The minimum Gasteiger partial charge on any atom is -0.396 e. The van der Waals surface area contributed by atoms with E-state index in [1.54, 1.807) is 4.90 Å². The Kier molecular flexibility index (Phi) is 6.00. The van der Waals surface area contributed by atoms with Crippen molar-refractivity contribution in [2.24, 2.45) is 5.92 Å². The van der Waals surface area contributed by atoms with Gasteiger partial charge < -0.3 is 20.1 Å². The van der Waals surface area contributed by atoms with Crippen molar-refractivity contribution in [2.45, 2.75) is 13.3 Å². The highest BCUT2D eigenvalue weighted by molar-refractivity contribution is 5.74. The van der Waals surface area contributed by atoms with Crippen molar-refractivity contribution in [3.05, 3.63) is 12.2 Å². The van der Waals surface area contributed by atoms with Crippen molar-refractivity contribution in [3.63, 3.8) is 0 Å². The largest absolute Gasteiger partial charge is 0.396 e. The molecule has 0 radical (unpaired) electrons. The maximum Gasteiger partial charge on any atom is 0.317 e. The molecule has 17 heavy (non-hydrogen) atoms. The zero-order valence-electron chi connectivity index (χ0n) is 10.4. The van der Waals surface area contributed by atoms with Gasteiger partial charge >= 0.3 is 6.03 Å². The fraction of sp³-hybridized carbons (Fsp3) is 0.750. The Hall–Kier alpha value is -1.07. The first kappa shape index (κ1) is 14.0. The lowest BCUT2D eigenvalue weighted by atomic mass is 10.1. The summed E-state index contributed by atoms with van der Waals surface area (Å²) in [6.07, 6.45) is 0.885. The van der Waals surface area contributed by atoms with Crippen LogP contribution in [0.15, 0.2) is 12.2 Å². The SMILES string of the molecule is C=C(C)COCCNC(=O)N1CCC(CO)C1. The molecule has 1 atom stereocenters. The summed E-state index contributed by atoms with van der Waals surface area (Å²) in [7, 11) is 0. The number of carbonyl (C=O) groups is 1. The van der Waals surface area contributed by atoms with Crippen LogP contribution >= 0.6 is 0 Å². The second-order valence-corrected chi connectivity index (χ2v) is 4.52. The van der Waals surface area contributed by atoms with Gasteiger partial charge in [-0.05, 0) is 13.3 Å². The van der Waals surface area contributed by atoms with E-state index in [-0.39, 0.29) is 18.6 Å². The van der Waals surface area contributed by atoms with Gasteiger partial charge in [0, 0.05) is 32.2 Å². The van der Waals surface area contributed by atoms with Gasteiger partial charge in [0.25, 0.3) is 0 Å². The summed E-state index contributed by atoms with van der Waals surface area (Å²) in [5.41, 5.74) is 0.974. The second kappa shape index (κ2) is 7.29. The topological polar surface area (TPSA) is 61.8 Å². The second-order valence-electron chi connectivity index (χ2n) is 4.52. The molecule has 0 aromatic rings. The van der Waals surface area contributed by atoms with Crippen molar-refractivity contribution in [2.75, 3.05) is 39.5 Å². The molecule has 0 bridgehead atoms. The van der Waals surface area contributed by atoms with E-state index in [1.807, 2.05) is 6.92 Å². The van der Waals surface area contributed by atoms with Gasteiger partial charge in [0.1, 0.15) is 0 Å². The molecule has 1 fully saturated rings. The number of likely N-dealkylation sites (tertiary alicyclic amines) is 1. The van der Waals surface area contributed by atoms with Crippen molar-refractivity contribution >= 4 is 6.03 Å². The minimum absolute atomic E-state index is 0.0696. The molecule has 1 aliphatic rings. The highest BCUT2D eigenvalue weighted by atomic mass is 16.5. The Morgan fingerprint density at radius 1 is 1.65 bits per heavy atom. The van der Waals surface area contributed by atoms with E-state index < -0.39 is 0 Å². The van der Waals surface area contributed by atoms with E-state index in [0.29, 0.717) is 26.3 Å². The number of aliphatic hydroxyl groups excluding tert-OH is 1. The Morgan fingerprint density at radius 3 is 3.00 bits per heavy atom. The summed E-state index contributed by atoms with van der Waals surface area (Å²) in [4.78, 5) is 13.4. The van der Waals surface area contributed by atoms with Crippen LogP contribution in [0, 0.1) is 5.92 Å². The molecular formula is C12H22N2O3. The number of nitrogens with zero attached hydrogens (tertiary/aromatic N) is 1. The third-order valence-corrected chi connectivity index (χ3v) is 2.70. The number of rotatable bonds is 6. The molecule has 2 N–H and O–H groups in total. The molecule has 1 rings (SSSR count). The lowest BCUT2D eigenvalue weighted by Crippen LogP contribution is -2.40. The monoisotopic (exact) mass is 242 g/mol. The zero-order valence-corrected chi connectivity index (χ0v) is 10.4. The summed E-state index contributed by atoms with van der Waals surface area (Å²) >= 11 is 0. The standard InChI is InChI=1S/C12H22N2O3/c1-10(2)9-17-6-4-13-12(16)14-5-3-11(7-14)8-15/h11,15H,1,3-9H2,2H3,(H,13,16). The Labute approximate surface area is 102 Å². The molecule has 0 aromatic heterocycles. The average molecular weight is 242 g/mol. The molecule has 1 saturated heterocycles. The van der Waals surface area contributed by atoms with Gasteiger partial charge in [-0.25, -0.2) is 4.79 Å². The molecule has 2 amide bonds. The number of hydrogen-bond acceptors (Lipinski definition) is 3. The first-order chi connectivity index (χ1) is 8.13. The predicted molar refractivity (Wildman–Crippen MR) is 65.8 cm³/mol. The summed E-state index contributed by atoms with van der Waals surface area (Å²) in [6, 6.07) is -0.0696. The number of aliphatic hydroxyl groups is 1. The van der Waals surface area contributed by atoms with Crippen molar-refractivity contribution < 1.29 is 14.6 Å². The maximum atomic E-state index is 11.7. The highest BCUT2D eigenvalue weighted by Gasteiger charge is 2.25. The third kappa shape index (κ3) is 5.19. The normalized spacial score (nSPS) is 19.4. The smallest absolute Gasteiger partial charge is 0.317 e. The van der Waals surface area contributed by atoms with Crippen LogP contribution in [0.5, 0.6) is 0 Å². The van der Waals surface area contributed by atoms with Crippen LogP contribution in [-0.2, 0) is 4.74 Å². The van der Waals surface area contributed by atoms with Gasteiger partial charge in [-0.1, -0.05) is 12.2 Å². The lowest BCUT2D eigenvalue weighted by Gasteiger charge is -2.17. The fourth-order valence-corrected chi connectivity index (χ4v) is 1.75. The Bertz CT molecular complexity index is 268. The van der Waals surface area contributed by atoms with E-state index in [2.05, 4.69) is 11.9 Å². The van der Waals surface area contributed by atoms with Crippen molar-refractivity contribution in [1.29, 1.82) is 0 Å². The van der Waals surface area contributed by atoms with Crippen LogP contribution in [0.4, 0.5) is 4.79 Å². The van der Waals surface area contributed by atoms with Gasteiger partial charge in [0.15, 0.2) is 0 Å². The summed E-state index contributed by atoms with van der Waals surface area (Å²) in [5, 5.41) is 11.8. The summed E-state index contributed by atoms with van der Waals surface area (Å²) < 4.78 is 5.28. The quantitative estimate of drug-likeness (QED) is 0.530. The molecule has 5 nitrogen and oxygen atoms in total. The van der Waals surface area contributed by atoms with Gasteiger partial charge in [-0.2, -0.15) is 0 Å². The van der Waals surface area contributed by atoms with E-state index in [9.17, 15) is 4.79 Å². The molecule has 0 saturated carbocycles. The van der Waals surface area contributed by atoms with Crippen molar-refractivity contribution in [1.82, 2.24) is 10.2 Å². The third-order valence-electron chi connectivity index (χ3n) is 2.70. The summed E-state index contributed by atoms with van der Waals surface area (Å²) in [5.74, 6) is 0.236. The number of ether oxygens (including phenoxy) is 1. The molecular weight excluding hydrogens is 220 g/mol. The average Bonchev–Trinajstić information content (AvgIpc) is 2.76. The zero-order chi connectivity index (χ0) is 12.7. The number of urea groups is 1. The van der Waals surface area contributed by atoms with Gasteiger partial charge in [0.05, 0.1) is 13.2 Å². The van der Waals surface area contributed by atoms with Gasteiger partial charge in [-0.3, -0.25) is 0 Å². The van der Waals surface area contributed by atoms with Crippen LogP contribution in [0.2, 0.25) is 0 Å². The van der Waals surface area contributed by atoms with E-state index in [1.165, 1.54) is 0 Å². The lowest BCUT2D eigenvalue weighted by molar-refractivity contribution is 0.153. The van der Waals surface area contributed by atoms with Crippen LogP contribution < -0.4 is 5.32 Å². The van der Waals surface area contributed by atoms with Crippen LogP contribution in [-0.4, -0.2) is 55.5 Å². The predicted octanol–water partition coefficient (Wildman–Crippen LogP) is 0.603. The Morgan fingerprint density at radius 2 is 2.41 bits per heavy atom. The molecule has 0 spiro atoms. The fourth-order valence-electron chi connectivity index (χ4n) is 1.75. The van der Waals surface area contributed by atoms with Crippen LogP contribution in [0.25, 0.3) is 0 Å². The molecule has 0 aliphatic carbocycles. The van der Waals surface area contributed by atoms with E-state index >= 15 is 0 Å². The number of nitrogens with one attached hydrogen (secondary N) is 1. The summed E-state index contributed by atoms with van der Waals surface area (Å²) in [6.45, 7) is 8.69. The molecule has 0 aromatic carbocycles. The van der Waals surface area contributed by atoms with Crippen LogP contribution in [0.1, 0.15) is 13.3 Å². The molecule has 1 heterocycles. The Balaban J connectivity index is 2.07. The highest BCUT2D eigenvalue weighted by Crippen LogP contribution is 2.14. The number of hydrogen-bond donors (Lipinski definition) is 2. The van der Waals surface area contributed by atoms with E-state index in [4.69, 9.17) is 9.84 Å². The minimum atomic E-state index is -0.0696. The molecule has 1 aliphatic heterocycles. The maximum absolute atomic E-state index is 11.7. The van der Waals surface area contributed by atoms with Crippen molar-refractivity contribution in [3.8, 4) is 0 Å².